The van der Waals surface area contributed by atoms with Crippen molar-refractivity contribution in [2.24, 2.45) is 0 Å². The Kier molecular flexibility index (Phi) is 5.39. The zero-order chi connectivity index (χ0) is 19.7. The summed E-state index contributed by atoms with van der Waals surface area (Å²) >= 11 is 12.8. The van der Waals surface area contributed by atoms with Crippen molar-refractivity contribution in [2.75, 3.05) is 0 Å². The standard InChI is InChI=1S/C25H21Cl2N/c1-16(2)21-14-20-7-4-12-28-25(20)23(15-21)18-5-3-6-19(13-18)24(27)17-8-10-22(26)11-9-17/h3-16,24H,1-2H3. The van der Waals surface area contributed by atoms with Crippen LogP contribution in [0.1, 0.15) is 41.8 Å². The summed E-state index contributed by atoms with van der Waals surface area (Å²) in [5.41, 5.74) is 6.68. The van der Waals surface area contributed by atoms with E-state index >= 15 is 0 Å². The summed E-state index contributed by atoms with van der Waals surface area (Å²) < 4.78 is 0. The average molecular weight is 406 g/mol. The maximum Gasteiger partial charge on any atom is 0.0835 e. The minimum absolute atomic E-state index is 0.232. The highest BCUT2D eigenvalue weighted by molar-refractivity contribution is 6.30. The summed E-state index contributed by atoms with van der Waals surface area (Å²) in [7, 11) is 0. The molecule has 4 rings (SSSR count). The van der Waals surface area contributed by atoms with Crippen molar-refractivity contribution >= 4 is 34.1 Å². The lowest BCUT2D eigenvalue weighted by Crippen LogP contribution is -1.95. The van der Waals surface area contributed by atoms with E-state index in [1.54, 1.807) is 0 Å². The molecule has 0 saturated carbocycles. The molecule has 0 fully saturated rings. The third-order valence-electron chi connectivity index (χ3n) is 5.05. The Hall–Kier alpha value is -2.35. The first-order valence-corrected chi connectivity index (χ1v) is 10.2. The number of rotatable bonds is 4. The maximum absolute atomic E-state index is 6.78. The van der Waals surface area contributed by atoms with Gasteiger partial charge in [-0.2, -0.15) is 0 Å². The molecule has 0 spiro atoms. The first-order valence-electron chi connectivity index (χ1n) is 9.41. The number of hydrogen-bond donors (Lipinski definition) is 0. The number of fused-ring (bicyclic) bond motifs is 1. The van der Waals surface area contributed by atoms with Gasteiger partial charge in [0.1, 0.15) is 0 Å². The second-order valence-electron chi connectivity index (χ2n) is 7.34. The molecule has 0 N–H and O–H groups in total. The number of nitrogens with zero attached hydrogens (tertiary/aromatic N) is 1. The minimum Gasteiger partial charge on any atom is -0.256 e. The predicted octanol–water partition coefficient (Wildman–Crippen LogP) is 8.01. The quantitative estimate of drug-likeness (QED) is 0.313. The first-order chi connectivity index (χ1) is 13.5. The maximum atomic E-state index is 6.78. The van der Waals surface area contributed by atoms with Gasteiger partial charge in [-0.25, -0.2) is 0 Å². The van der Waals surface area contributed by atoms with Crippen LogP contribution in [0.4, 0.5) is 0 Å². The van der Waals surface area contributed by atoms with Crippen LogP contribution in [-0.2, 0) is 0 Å². The van der Waals surface area contributed by atoms with E-state index in [1.165, 1.54) is 5.56 Å². The average Bonchev–Trinajstić information content (AvgIpc) is 2.73. The number of alkyl halides is 1. The molecule has 1 aromatic heterocycles. The Morgan fingerprint density at radius 1 is 0.786 bits per heavy atom. The van der Waals surface area contributed by atoms with Gasteiger partial charge in [0, 0.05) is 22.2 Å². The fourth-order valence-electron chi connectivity index (χ4n) is 3.46. The van der Waals surface area contributed by atoms with Crippen LogP contribution in [0.2, 0.25) is 5.02 Å². The van der Waals surface area contributed by atoms with Crippen LogP contribution in [0.25, 0.3) is 22.0 Å². The fraction of sp³-hybridized carbons (Fsp3) is 0.160. The molecule has 4 aromatic rings. The van der Waals surface area contributed by atoms with Crippen LogP contribution in [0, 0.1) is 0 Å². The number of hydrogen-bond acceptors (Lipinski definition) is 1. The second-order valence-corrected chi connectivity index (χ2v) is 8.21. The van der Waals surface area contributed by atoms with Gasteiger partial charge >= 0.3 is 0 Å². The summed E-state index contributed by atoms with van der Waals surface area (Å²) in [6, 6.07) is 24.7. The number of aromatic nitrogens is 1. The van der Waals surface area contributed by atoms with Gasteiger partial charge in [0.15, 0.2) is 0 Å². The highest BCUT2D eigenvalue weighted by atomic mass is 35.5. The van der Waals surface area contributed by atoms with Crippen molar-refractivity contribution in [2.45, 2.75) is 25.1 Å². The highest BCUT2D eigenvalue weighted by Crippen LogP contribution is 2.35. The number of benzene rings is 3. The van der Waals surface area contributed by atoms with Crippen LogP contribution >= 0.6 is 23.2 Å². The Balaban J connectivity index is 1.82. The van der Waals surface area contributed by atoms with Crippen molar-refractivity contribution in [3.05, 3.63) is 101 Å². The molecule has 0 radical (unpaired) electrons. The van der Waals surface area contributed by atoms with Crippen LogP contribution in [-0.4, -0.2) is 4.98 Å². The Morgan fingerprint density at radius 3 is 2.32 bits per heavy atom. The molecule has 0 aliphatic heterocycles. The smallest absolute Gasteiger partial charge is 0.0835 e. The highest BCUT2D eigenvalue weighted by Gasteiger charge is 2.14. The van der Waals surface area contributed by atoms with E-state index in [0.717, 1.165) is 33.2 Å². The van der Waals surface area contributed by atoms with Crippen molar-refractivity contribution < 1.29 is 0 Å². The largest absolute Gasteiger partial charge is 0.256 e. The third-order valence-corrected chi connectivity index (χ3v) is 5.80. The molecule has 1 unspecified atom stereocenters. The summed E-state index contributed by atoms with van der Waals surface area (Å²) in [4.78, 5) is 4.65. The first kappa shape index (κ1) is 19.0. The van der Waals surface area contributed by atoms with E-state index < -0.39 is 0 Å². The second kappa shape index (κ2) is 7.95. The molecule has 1 nitrogen and oxygen atoms in total. The van der Waals surface area contributed by atoms with Crippen LogP contribution in [0.5, 0.6) is 0 Å². The van der Waals surface area contributed by atoms with Gasteiger partial charge in [-0.05, 0) is 64.6 Å². The van der Waals surface area contributed by atoms with Gasteiger partial charge in [0.05, 0.1) is 10.9 Å². The lowest BCUT2D eigenvalue weighted by molar-refractivity contribution is 0.869. The molecule has 3 aromatic carbocycles. The SMILES string of the molecule is CC(C)c1cc(-c2cccc(C(Cl)c3ccc(Cl)cc3)c2)c2ncccc2c1. The summed E-state index contributed by atoms with van der Waals surface area (Å²) in [5.74, 6) is 0.446. The molecule has 1 heterocycles. The normalized spacial score (nSPS) is 12.5. The minimum atomic E-state index is -0.232. The molecule has 28 heavy (non-hydrogen) atoms. The van der Waals surface area contributed by atoms with Crippen molar-refractivity contribution in [1.82, 2.24) is 4.98 Å². The Labute approximate surface area is 176 Å². The molecule has 1 atom stereocenters. The van der Waals surface area contributed by atoms with E-state index in [4.69, 9.17) is 23.2 Å². The Bertz CT molecular complexity index is 1120. The van der Waals surface area contributed by atoms with Crippen LogP contribution < -0.4 is 0 Å². The molecule has 0 aliphatic rings. The van der Waals surface area contributed by atoms with Crippen LogP contribution in [0.3, 0.4) is 0 Å². The molecule has 3 heteroatoms. The summed E-state index contributed by atoms with van der Waals surface area (Å²) in [5, 5.41) is 1.64. The van der Waals surface area contributed by atoms with Gasteiger partial charge in [-0.1, -0.05) is 61.8 Å². The zero-order valence-electron chi connectivity index (χ0n) is 15.9. The lowest BCUT2D eigenvalue weighted by Gasteiger charge is -2.15. The van der Waals surface area contributed by atoms with E-state index in [9.17, 15) is 0 Å². The molecule has 0 saturated heterocycles. The lowest BCUT2D eigenvalue weighted by atomic mass is 9.92. The van der Waals surface area contributed by atoms with Crippen molar-refractivity contribution in [3.8, 4) is 11.1 Å². The molecular formula is C25H21Cl2N. The molecule has 140 valence electrons. The van der Waals surface area contributed by atoms with Crippen molar-refractivity contribution in [3.63, 3.8) is 0 Å². The summed E-state index contributed by atoms with van der Waals surface area (Å²) in [6.45, 7) is 4.43. The summed E-state index contributed by atoms with van der Waals surface area (Å²) in [6.07, 6.45) is 1.85. The van der Waals surface area contributed by atoms with Gasteiger partial charge < -0.3 is 0 Å². The van der Waals surface area contributed by atoms with Crippen molar-refractivity contribution in [1.29, 1.82) is 0 Å². The predicted molar refractivity (Wildman–Crippen MR) is 120 cm³/mol. The monoisotopic (exact) mass is 405 g/mol. The molecule has 0 amide bonds. The van der Waals surface area contributed by atoms with E-state index in [1.807, 2.05) is 36.5 Å². The van der Waals surface area contributed by atoms with E-state index in [-0.39, 0.29) is 5.38 Å². The fourth-order valence-corrected chi connectivity index (χ4v) is 3.86. The van der Waals surface area contributed by atoms with Gasteiger partial charge in [-0.3, -0.25) is 4.98 Å². The number of pyridine rings is 1. The van der Waals surface area contributed by atoms with Gasteiger partial charge in [0.25, 0.3) is 0 Å². The molecule has 0 bridgehead atoms. The Morgan fingerprint density at radius 2 is 1.57 bits per heavy atom. The topological polar surface area (TPSA) is 12.9 Å². The number of halogens is 2. The van der Waals surface area contributed by atoms with E-state index in [0.29, 0.717) is 10.9 Å². The zero-order valence-corrected chi connectivity index (χ0v) is 17.4. The molecular weight excluding hydrogens is 385 g/mol. The van der Waals surface area contributed by atoms with Gasteiger partial charge in [-0.15, -0.1) is 11.6 Å². The van der Waals surface area contributed by atoms with E-state index in [2.05, 4.69) is 61.3 Å². The molecule has 0 aliphatic carbocycles. The van der Waals surface area contributed by atoms with Crippen LogP contribution in [0.15, 0.2) is 79.0 Å². The van der Waals surface area contributed by atoms with Gasteiger partial charge in [0.2, 0.25) is 0 Å². The third kappa shape index (κ3) is 3.78.